The quantitative estimate of drug-likeness (QED) is 0.843. The van der Waals surface area contributed by atoms with Crippen LogP contribution in [0.5, 0.6) is 5.75 Å². The fourth-order valence-electron chi connectivity index (χ4n) is 1.84. The van der Waals surface area contributed by atoms with Gasteiger partial charge in [0.15, 0.2) is 9.84 Å². The standard InChI is InChI=1S/C15H16O3S/c1-2-18-15-11-7-6-8-13(15)12-19(16,17)14-9-4-3-5-10-14/h3-11H,2,12H2,1H3. The van der Waals surface area contributed by atoms with Crippen molar-refractivity contribution in [2.45, 2.75) is 17.6 Å². The molecule has 0 unspecified atom stereocenters. The number of rotatable bonds is 5. The molecule has 0 N–H and O–H groups in total. The van der Waals surface area contributed by atoms with Gasteiger partial charge in [0.25, 0.3) is 0 Å². The van der Waals surface area contributed by atoms with E-state index >= 15 is 0 Å². The van der Waals surface area contributed by atoms with Gasteiger partial charge in [-0.05, 0) is 25.1 Å². The maximum atomic E-state index is 12.3. The predicted octanol–water partition coefficient (Wildman–Crippen LogP) is 3.06. The molecule has 0 saturated carbocycles. The van der Waals surface area contributed by atoms with Crippen LogP contribution in [-0.4, -0.2) is 15.0 Å². The highest BCUT2D eigenvalue weighted by Crippen LogP contribution is 2.23. The molecular weight excluding hydrogens is 260 g/mol. The number of ether oxygens (including phenoxy) is 1. The summed E-state index contributed by atoms with van der Waals surface area (Å²) >= 11 is 0. The largest absolute Gasteiger partial charge is 0.494 e. The molecule has 0 spiro atoms. The van der Waals surface area contributed by atoms with E-state index in [0.29, 0.717) is 22.8 Å². The van der Waals surface area contributed by atoms with Crippen molar-refractivity contribution in [3.63, 3.8) is 0 Å². The average molecular weight is 276 g/mol. The minimum absolute atomic E-state index is 0.0484. The number of sulfone groups is 1. The van der Waals surface area contributed by atoms with Gasteiger partial charge >= 0.3 is 0 Å². The van der Waals surface area contributed by atoms with E-state index in [1.54, 1.807) is 42.5 Å². The van der Waals surface area contributed by atoms with E-state index < -0.39 is 9.84 Å². The van der Waals surface area contributed by atoms with E-state index in [0.717, 1.165) is 0 Å². The lowest BCUT2D eigenvalue weighted by Gasteiger charge is -2.10. The molecule has 2 aromatic rings. The summed E-state index contributed by atoms with van der Waals surface area (Å²) in [5.74, 6) is 0.581. The summed E-state index contributed by atoms with van der Waals surface area (Å²) in [7, 11) is -3.33. The van der Waals surface area contributed by atoms with Gasteiger partial charge in [-0.15, -0.1) is 0 Å². The van der Waals surface area contributed by atoms with E-state index in [4.69, 9.17) is 4.74 Å². The van der Waals surface area contributed by atoms with Gasteiger partial charge in [0, 0.05) is 5.56 Å². The zero-order valence-electron chi connectivity index (χ0n) is 10.7. The van der Waals surface area contributed by atoms with Crippen molar-refractivity contribution < 1.29 is 13.2 Å². The van der Waals surface area contributed by atoms with Crippen LogP contribution in [0.3, 0.4) is 0 Å². The summed E-state index contributed by atoms with van der Waals surface area (Å²) in [6.45, 7) is 2.39. The topological polar surface area (TPSA) is 43.4 Å². The molecule has 0 fully saturated rings. The lowest BCUT2D eigenvalue weighted by atomic mass is 10.2. The molecule has 2 aromatic carbocycles. The summed E-state index contributed by atoms with van der Waals surface area (Å²) in [5, 5.41) is 0. The third kappa shape index (κ3) is 3.35. The lowest BCUT2D eigenvalue weighted by Crippen LogP contribution is -2.06. The molecule has 2 rings (SSSR count). The normalized spacial score (nSPS) is 11.2. The predicted molar refractivity (Wildman–Crippen MR) is 74.9 cm³/mol. The number of para-hydroxylation sites is 1. The third-order valence-corrected chi connectivity index (χ3v) is 4.40. The van der Waals surface area contributed by atoms with Crippen LogP contribution in [0.1, 0.15) is 12.5 Å². The van der Waals surface area contributed by atoms with E-state index in [1.165, 1.54) is 0 Å². The van der Waals surface area contributed by atoms with Crippen LogP contribution in [0.25, 0.3) is 0 Å². The minimum atomic E-state index is -3.33. The van der Waals surface area contributed by atoms with E-state index in [9.17, 15) is 8.42 Å². The molecule has 100 valence electrons. The molecule has 0 saturated heterocycles. The van der Waals surface area contributed by atoms with Gasteiger partial charge in [0.1, 0.15) is 5.75 Å². The second-order valence-corrected chi connectivity index (χ2v) is 6.10. The van der Waals surface area contributed by atoms with Gasteiger partial charge in [0.2, 0.25) is 0 Å². The first-order valence-electron chi connectivity index (χ1n) is 6.12. The van der Waals surface area contributed by atoms with Crippen molar-refractivity contribution in [2.75, 3.05) is 6.61 Å². The fourth-order valence-corrected chi connectivity index (χ4v) is 3.22. The molecular formula is C15H16O3S. The summed E-state index contributed by atoms with van der Waals surface area (Å²) < 4.78 is 30.1. The van der Waals surface area contributed by atoms with Crippen molar-refractivity contribution in [3.8, 4) is 5.75 Å². The zero-order valence-corrected chi connectivity index (χ0v) is 11.6. The maximum absolute atomic E-state index is 12.3. The van der Waals surface area contributed by atoms with E-state index in [-0.39, 0.29) is 5.75 Å². The molecule has 0 aromatic heterocycles. The van der Waals surface area contributed by atoms with Crippen LogP contribution in [0, 0.1) is 0 Å². The Morgan fingerprint density at radius 1 is 0.947 bits per heavy atom. The van der Waals surface area contributed by atoms with Gasteiger partial charge in [0.05, 0.1) is 17.3 Å². The molecule has 3 nitrogen and oxygen atoms in total. The monoisotopic (exact) mass is 276 g/mol. The Morgan fingerprint density at radius 3 is 2.26 bits per heavy atom. The molecule has 0 aliphatic carbocycles. The van der Waals surface area contributed by atoms with E-state index in [2.05, 4.69) is 0 Å². The summed E-state index contributed by atoms with van der Waals surface area (Å²) in [4.78, 5) is 0.335. The average Bonchev–Trinajstić information content (AvgIpc) is 2.42. The Labute approximate surface area is 113 Å². The van der Waals surface area contributed by atoms with Crippen LogP contribution in [0.15, 0.2) is 59.5 Å². The van der Waals surface area contributed by atoms with Crippen LogP contribution >= 0.6 is 0 Å². The Morgan fingerprint density at radius 2 is 1.58 bits per heavy atom. The second kappa shape index (κ2) is 5.89. The van der Waals surface area contributed by atoms with Crippen molar-refractivity contribution in [3.05, 3.63) is 60.2 Å². The van der Waals surface area contributed by atoms with Crippen LogP contribution in [-0.2, 0) is 15.6 Å². The van der Waals surface area contributed by atoms with Crippen molar-refractivity contribution >= 4 is 9.84 Å². The van der Waals surface area contributed by atoms with Crippen LogP contribution < -0.4 is 4.74 Å². The molecule has 0 aliphatic heterocycles. The molecule has 0 amide bonds. The van der Waals surface area contributed by atoms with Crippen molar-refractivity contribution in [2.24, 2.45) is 0 Å². The molecule has 0 aliphatic rings. The molecule has 0 radical (unpaired) electrons. The van der Waals surface area contributed by atoms with Crippen LogP contribution in [0.2, 0.25) is 0 Å². The Balaban J connectivity index is 2.31. The second-order valence-electron chi connectivity index (χ2n) is 4.11. The molecule has 0 atom stereocenters. The smallest absolute Gasteiger partial charge is 0.182 e. The van der Waals surface area contributed by atoms with Crippen LogP contribution in [0.4, 0.5) is 0 Å². The SMILES string of the molecule is CCOc1ccccc1CS(=O)(=O)c1ccccc1. The first-order valence-corrected chi connectivity index (χ1v) is 7.77. The van der Waals surface area contributed by atoms with Crippen molar-refractivity contribution in [1.82, 2.24) is 0 Å². The van der Waals surface area contributed by atoms with Gasteiger partial charge in [-0.3, -0.25) is 0 Å². The maximum Gasteiger partial charge on any atom is 0.182 e. The van der Waals surface area contributed by atoms with Gasteiger partial charge in [-0.2, -0.15) is 0 Å². The summed E-state index contributed by atoms with van der Waals surface area (Å²) in [5.41, 5.74) is 0.688. The highest BCUT2D eigenvalue weighted by Gasteiger charge is 2.17. The summed E-state index contributed by atoms with van der Waals surface area (Å²) in [6.07, 6.45) is 0. The first-order chi connectivity index (χ1) is 9.13. The fraction of sp³-hybridized carbons (Fsp3) is 0.200. The molecule has 19 heavy (non-hydrogen) atoms. The van der Waals surface area contributed by atoms with Gasteiger partial charge in [-0.1, -0.05) is 36.4 Å². The first kappa shape index (κ1) is 13.6. The lowest BCUT2D eigenvalue weighted by molar-refractivity contribution is 0.337. The highest BCUT2D eigenvalue weighted by molar-refractivity contribution is 7.90. The Hall–Kier alpha value is -1.81. The third-order valence-electron chi connectivity index (χ3n) is 2.72. The summed E-state index contributed by atoms with van der Waals surface area (Å²) in [6, 6.07) is 15.7. The highest BCUT2D eigenvalue weighted by atomic mass is 32.2. The molecule has 0 heterocycles. The Kier molecular flexibility index (Phi) is 4.22. The minimum Gasteiger partial charge on any atom is -0.494 e. The zero-order chi connectivity index (χ0) is 13.7. The van der Waals surface area contributed by atoms with Gasteiger partial charge < -0.3 is 4.74 Å². The van der Waals surface area contributed by atoms with E-state index in [1.807, 2.05) is 19.1 Å². The Bertz CT molecular complexity index is 633. The molecule has 0 bridgehead atoms. The number of hydrogen-bond acceptors (Lipinski definition) is 3. The number of hydrogen-bond donors (Lipinski definition) is 0. The number of benzene rings is 2. The van der Waals surface area contributed by atoms with Gasteiger partial charge in [-0.25, -0.2) is 8.42 Å². The molecule has 4 heteroatoms. The van der Waals surface area contributed by atoms with Crippen molar-refractivity contribution in [1.29, 1.82) is 0 Å².